The van der Waals surface area contributed by atoms with Crippen molar-refractivity contribution in [3.05, 3.63) is 46.3 Å². The van der Waals surface area contributed by atoms with Crippen LogP contribution in [-0.4, -0.2) is 61.8 Å². The van der Waals surface area contributed by atoms with Crippen molar-refractivity contribution in [1.29, 1.82) is 0 Å². The Morgan fingerprint density at radius 2 is 2.09 bits per heavy atom. The molecule has 3 heterocycles. The molecule has 2 fully saturated rings. The van der Waals surface area contributed by atoms with E-state index >= 15 is 4.39 Å². The molecule has 12 heteroatoms. The first-order chi connectivity index (χ1) is 15.7. The van der Waals surface area contributed by atoms with E-state index in [1.54, 1.807) is 18.2 Å². The lowest BCUT2D eigenvalue weighted by Gasteiger charge is -2.41. The van der Waals surface area contributed by atoms with Gasteiger partial charge in [0, 0.05) is 38.7 Å². The van der Waals surface area contributed by atoms with E-state index in [0.29, 0.717) is 31.0 Å². The predicted molar refractivity (Wildman–Crippen MR) is 123 cm³/mol. The van der Waals surface area contributed by atoms with Crippen LogP contribution in [0.1, 0.15) is 13.8 Å². The number of amides is 2. The first kappa shape index (κ1) is 22.8. The molecule has 176 valence electrons. The normalized spacial score (nSPS) is 20.7. The number of hydrogen-bond acceptors (Lipinski definition) is 8. The number of nitro groups is 1. The third-order valence-electron chi connectivity index (χ3n) is 5.70. The lowest BCUT2D eigenvalue weighted by Crippen LogP contribution is -2.52. The molecular formula is C21H24FN5O5S. The summed E-state index contributed by atoms with van der Waals surface area (Å²) in [5.41, 5.74) is 0.828. The second kappa shape index (κ2) is 9.22. The highest BCUT2D eigenvalue weighted by atomic mass is 32.1. The van der Waals surface area contributed by atoms with E-state index in [4.69, 9.17) is 4.74 Å². The maximum absolute atomic E-state index is 15.0. The summed E-state index contributed by atoms with van der Waals surface area (Å²) in [7, 11) is 0. The van der Waals surface area contributed by atoms with Crippen LogP contribution in [0, 0.1) is 15.9 Å². The first-order valence-corrected chi connectivity index (χ1v) is 11.3. The fourth-order valence-corrected chi connectivity index (χ4v) is 5.04. The van der Waals surface area contributed by atoms with E-state index in [9.17, 15) is 19.7 Å². The maximum atomic E-state index is 15.0. The Bertz CT molecular complexity index is 1080. The summed E-state index contributed by atoms with van der Waals surface area (Å²) < 4.78 is 20.3. The predicted octanol–water partition coefficient (Wildman–Crippen LogP) is 2.97. The van der Waals surface area contributed by atoms with Crippen LogP contribution in [0.25, 0.3) is 0 Å². The Labute approximate surface area is 193 Å². The molecule has 2 amide bonds. The summed E-state index contributed by atoms with van der Waals surface area (Å²) in [6.45, 7) is 5.51. The van der Waals surface area contributed by atoms with Crippen LogP contribution in [-0.2, 0) is 9.53 Å². The number of rotatable bonds is 6. The van der Waals surface area contributed by atoms with Crippen LogP contribution in [0.2, 0.25) is 0 Å². The van der Waals surface area contributed by atoms with E-state index < -0.39 is 22.9 Å². The fourth-order valence-electron chi connectivity index (χ4n) is 4.09. The van der Waals surface area contributed by atoms with Crippen molar-refractivity contribution < 1.29 is 23.6 Å². The van der Waals surface area contributed by atoms with E-state index in [0.717, 1.165) is 16.3 Å². The van der Waals surface area contributed by atoms with Crippen molar-refractivity contribution in [3.8, 4) is 0 Å². The number of nitrogens with one attached hydrogen (secondary N) is 1. The van der Waals surface area contributed by atoms with Gasteiger partial charge in [-0.1, -0.05) is 0 Å². The molecular weight excluding hydrogens is 453 g/mol. The number of cyclic esters (lactones) is 1. The van der Waals surface area contributed by atoms with Crippen molar-refractivity contribution in [3.63, 3.8) is 0 Å². The van der Waals surface area contributed by atoms with E-state index in [-0.39, 0.29) is 30.0 Å². The van der Waals surface area contributed by atoms with Gasteiger partial charge in [0.05, 0.1) is 34.4 Å². The summed E-state index contributed by atoms with van der Waals surface area (Å²) in [5, 5.41) is 14.5. The summed E-state index contributed by atoms with van der Waals surface area (Å²) >= 11 is 1.13. The number of piperazine rings is 1. The molecule has 2 aromatic rings. The summed E-state index contributed by atoms with van der Waals surface area (Å²) in [6.07, 6.45) is -1.07. The minimum Gasteiger partial charge on any atom is -0.442 e. The molecule has 10 nitrogen and oxygen atoms in total. The van der Waals surface area contributed by atoms with Gasteiger partial charge < -0.3 is 19.9 Å². The molecule has 2 aliphatic rings. The lowest BCUT2D eigenvalue weighted by atomic mass is 10.1. The van der Waals surface area contributed by atoms with Gasteiger partial charge in [0.25, 0.3) is 0 Å². The SMILES string of the molecule is CC(=O)NCC1CN(c2ccc(N3CCN(c4ccc([N+](=O)[O-])s4)C(C)C3)c(F)c2)C(=O)O1. The second-order valence-corrected chi connectivity index (χ2v) is 9.09. The van der Waals surface area contributed by atoms with Crippen LogP contribution < -0.4 is 20.0 Å². The number of thiophene rings is 1. The Balaban J connectivity index is 1.42. The van der Waals surface area contributed by atoms with E-state index in [2.05, 4.69) is 10.2 Å². The summed E-state index contributed by atoms with van der Waals surface area (Å²) in [4.78, 5) is 39.2. The monoisotopic (exact) mass is 477 g/mol. The van der Waals surface area contributed by atoms with Gasteiger partial charge in [-0.15, -0.1) is 0 Å². The van der Waals surface area contributed by atoms with Crippen LogP contribution >= 0.6 is 11.3 Å². The number of hydrogen-bond donors (Lipinski definition) is 1. The highest BCUT2D eigenvalue weighted by molar-refractivity contribution is 7.19. The molecule has 2 saturated heterocycles. The quantitative estimate of drug-likeness (QED) is 0.503. The topological polar surface area (TPSA) is 108 Å². The number of nitrogens with zero attached hydrogens (tertiary/aromatic N) is 4. The van der Waals surface area contributed by atoms with Gasteiger partial charge in [0.15, 0.2) is 0 Å². The average molecular weight is 478 g/mol. The zero-order valence-corrected chi connectivity index (χ0v) is 19.0. The third kappa shape index (κ3) is 4.85. The number of carbonyl (C=O) groups excluding carboxylic acids is 2. The van der Waals surface area contributed by atoms with Gasteiger partial charge in [-0.2, -0.15) is 0 Å². The third-order valence-corrected chi connectivity index (χ3v) is 6.78. The number of benzene rings is 1. The van der Waals surface area contributed by atoms with Gasteiger partial charge in [0.2, 0.25) is 5.91 Å². The van der Waals surface area contributed by atoms with Crippen molar-refractivity contribution >= 4 is 44.7 Å². The molecule has 0 spiro atoms. The molecule has 0 bridgehead atoms. The van der Waals surface area contributed by atoms with Crippen molar-refractivity contribution in [2.24, 2.45) is 0 Å². The van der Waals surface area contributed by atoms with Gasteiger partial charge >= 0.3 is 11.1 Å². The molecule has 0 saturated carbocycles. The maximum Gasteiger partial charge on any atom is 0.414 e. The number of halogens is 1. The molecule has 2 atom stereocenters. The van der Waals surface area contributed by atoms with Crippen LogP contribution in [0.3, 0.4) is 0 Å². The number of ether oxygens (including phenoxy) is 1. The lowest BCUT2D eigenvalue weighted by molar-refractivity contribution is -0.380. The molecule has 2 unspecified atom stereocenters. The molecule has 1 aromatic heterocycles. The Hall–Kier alpha value is -3.41. The van der Waals surface area contributed by atoms with E-state index in [1.807, 2.05) is 11.8 Å². The van der Waals surface area contributed by atoms with Gasteiger partial charge in [0.1, 0.15) is 11.9 Å². The molecule has 33 heavy (non-hydrogen) atoms. The zero-order valence-electron chi connectivity index (χ0n) is 18.2. The zero-order chi connectivity index (χ0) is 23.7. The average Bonchev–Trinajstić information content (AvgIpc) is 3.39. The molecule has 0 aliphatic carbocycles. The standard InChI is InChI=1S/C21H24FN5O5S/c1-13-11-24(7-8-25(13)19-5-6-20(33-19)27(30)31)18-4-3-15(9-17(18)22)26-12-16(32-21(26)29)10-23-14(2)28/h3-6,9,13,16H,7-8,10-12H2,1-2H3,(H,23,28). The van der Waals surface area contributed by atoms with Gasteiger partial charge in [-0.05, 0) is 42.5 Å². The van der Waals surface area contributed by atoms with Crippen LogP contribution in [0.5, 0.6) is 0 Å². The van der Waals surface area contributed by atoms with Crippen LogP contribution in [0.15, 0.2) is 30.3 Å². The number of anilines is 3. The Morgan fingerprint density at radius 1 is 1.30 bits per heavy atom. The van der Waals surface area contributed by atoms with Crippen molar-refractivity contribution in [2.45, 2.75) is 26.0 Å². The first-order valence-electron chi connectivity index (χ1n) is 10.5. The highest BCUT2D eigenvalue weighted by Crippen LogP contribution is 2.35. The fraction of sp³-hybridized carbons (Fsp3) is 0.429. The second-order valence-electron chi connectivity index (χ2n) is 8.05. The molecule has 4 rings (SSSR count). The van der Waals surface area contributed by atoms with Gasteiger partial charge in [-0.25, -0.2) is 9.18 Å². The Kier molecular flexibility index (Phi) is 6.36. The van der Waals surface area contributed by atoms with Gasteiger partial charge in [-0.3, -0.25) is 19.8 Å². The number of carbonyl (C=O) groups is 2. The molecule has 0 radical (unpaired) electrons. The van der Waals surface area contributed by atoms with E-state index in [1.165, 1.54) is 24.0 Å². The smallest absolute Gasteiger partial charge is 0.414 e. The van der Waals surface area contributed by atoms with Crippen molar-refractivity contribution in [2.75, 3.05) is 47.4 Å². The van der Waals surface area contributed by atoms with Crippen molar-refractivity contribution in [1.82, 2.24) is 5.32 Å². The molecule has 2 aliphatic heterocycles. The molecule has 1 aromatic carbocycles. The summed E-state index contributed by atoms with van der Waals surface area (Å²) in [6, 6.07) is 7.92. The summed E-state index contributed by atoms with van der Waals surface area (Å²) in [5.74, 6) is -0.662. The highest BCUT2D eigenvalue weighted by Gasteiger charge is 2.33. The van der Waals surface area contributed by atoms with Crippen LogP contribution in [0.4, 0.5) is 30.6 Å². The Morgan fingerprint density at radius 3 is 2.73 bits per heavy atom. The minimum atomic E-state index is -0.579. The minimum absolute atomic E-state index is 0.0270. The largest absolute Gasteiger partial charge is 0.442 e. The molecule has 1 N–H and O–H groups in total.